The van der Waals surface area contributed by atoms with E-state index in [1.165, 1.54) is 0 Å². The Morgan fingerprint density at radius 1 is 1.35 bits per heavy atom. The summed E-state index contributed by atoms with van der Waals surface area (Å²) in [5, 5.41) is 9.16. The summed E-state index contributed by atoms with van der Waals surface area (Å²) in [5.74, 6) is -1.39. The van der Waals surface area contributed by atoms with Crippen LogP contribution in [0.25, 0.3) is 11.0 Å². The van der Waals surface area contributed by atoms with Gasteiger partial charge in [0.2, 0.25) is 0 Å². The van der Waals surface area contributed by atoms with Gasteiger partial charge in [-0.15, -0.1) is 0 Å². The highest BCUT2D eigenvalue weighted by Crippen LogP contribution is 2.21. The van der Waals surface area contributed by atoms with E-state index in [1.54, 1.807) is 6.20 Å². The molecule has 1 N–H and O–H groups in total. The second kappa shape index (κ2) is 4.91. The first kappa shape index (κ1) is 11.5. The molecule has 4 nitrogen and oxygen atoms in total. The van der Waals surface area contributed by atoms with E-state index in [-0.39, 0.29) is 0 Å². The first-order valence-electron chi connectivity index (χ1n) is 5.67. The van der Waals surface area contributed by atoms with Gasteiger partial charge in [0.25, 0.3) is 0 Å². The second-order valence-corrected chi connectivity index (χ2v) is 3.96. The normalized spacial score (nSPS) is 12.5. The molecular formula is C13H14N2O2. The van der Waals surface area contributed by atoms with Gasteiger partial charge in [0, 0.05) is 0 Å². The number of hydrogen-bond acceptors (Lipinski definition) is 3. The molecule has 17 heavy (non-hydrogen) atoms. The number of carboxylic acid groups (broad SMARTS) is 1. The van der Waals surface area contributed by atoms with Crippen molar-refractivity contribution in [2.24, 2.45) is 0 Å². The van der Waals surface area contributed by atoms with E-state index in [2.05, 4.69) is 9.97 Å². The standard InChI is InChI=1S/C13H14N2O2/c1-2-5-9(13(16)17)12-8-14-10-6-3-4-7-11(10)15-12/h3-4,6-9H,2,5H2,1H3,(H,16,17). The first-order valence-corrected chi connectivity index (χ1v) is 5.67. The van der Waals surface area contributed by atoms with Crippen molar-refractivity contribution in [3.63, 3.8) is 0 Å². The smallest absolute Gasteiger partial charge is 0.312 e. The fraction of sp³-hybridized carbons (Fsp3) is 0.308. The Balaban J connectivity index is 2.43. The topological polar surface area (TPSA) is 63.1 Å². The lowest BCUT2D eigenvalue weighted by Crippen LogP contribution is -2.13. The van der Waals surface area contributed by atoms with Gasteiger partial charge in [0.05, 0.1) is 22.9 Å². The van der Waals surface area contributed by atoms with Crippen LogP contribution >= 0.6 is 0 Å². The summed E-state index contributed by atoms with van der Waals surface area (Å²) in [6.07, 6.45) is 2.96. The van der Waals surface area contributed by atoms with Gasteiger partial charge in [-0.2, -0.15) is 0 Å². The Labute approximate surface area is 99.3 Å². The number of fused-ring (bicyclic) bond motifs is 1. The first-order chi connectivity index (χ1) is 8.22. The molecule has 0 saturated heterocycles. The monoisotopic (exact) mass is 230 g/mol. The molecule has 0 radical (unpaired) electrons. The van der Waals surface area contributed by atoms with Crippen molar-refractivity contribution in [2.45, 2.75) is 25.7 Å². The zero-order valence-corrected chi connectivity index (χ0v) is 9.63. The molecule has 2 aromatic rings. The second-order valence-electron chi connectivity index (χ2n) is 3.96. The van der Waals surface area contributed by atoms with Crippen molar-refractivity contribution in [1.82, 2.24) is 9.97 Å². The number of aliphatic carboxylic acids is 1. The average molecular weight is 230 g/mol. The number of aromatic nitrogens is 2. The maximum atomic E-state index is 11.2. The van der Waals surface area contributed by atoms with Gasteiger partial charge in [0.1, 0.15) is 5.92 Å². The minimum Gasteiger partial charge on any atom is -0.481 e. The molecule has 88 valence electrons. The highest BCUT2D eigenvalue weighted by Gasteiger charge is 2.20. The van der Waals surface area contributed by atoms with Crippen molar-refractivity contribution < 1.29 is 9.90 Å². The molecule has 0 aliphatic heterocycles. The summed E-state index contributed by atoms with van der Waals surface area (Å²) < 4.78 is 0. The number of benzene rings is 1. The molecule has 1 unspecified atom stereocenters. The van der Waals surface area contributed by atoms with Gasteiger partial charge < -0.3 is 5.11 Å². The number of carbonyl (C=O) groups is 1. The van der Waals surface area contributed by atoms with Crippen LogP contribution in [0, 0.1) is 0 Å². The zero-order valence-electron chi connectivity index (χ0n) is 9.63. The predicted octanol–water partition coefficient (Wildman–Crippen LogP) is 2.60. The maximum Gasteiger partial charge on any atom is 0.312 e. The molecule has 0 amide bonds. The Bertz CT molecular complexity index is 540. The third-order valence-corrected chi connectivity index (χ3v) is 2.70. The molecule has 0 spiro atoms. The Hall–Kier alpha value is -1.97. The molecule has 1 aromatic heterocycles. The van der Waals surface area contributed by atoms with Gasteiger partial charge in [0.15, 0.2) is 0 Å². The molecule has 1 aromatic carbocycles. The molecule has 0 aliphatic carbocycles. The van der Waals surface area contributed by atoms with Crippen LogP contribution in [-0.4, -0.2) is 21.0 Å². The van der Waals surface area contributed by atoms with Crippen LogP contribution in [0.5, 0.6) is 0 Å². The third kappa shape index (κ3) is 2.41. The van der Waals surface area contributed by atoms with E-state index < -0.39 is 11.9 Å². The summed E-state index contributed by atoms with van der Waals surface area (Å²) in [4.78, 5) is 19.8. The lowest BCUT2D eigenvalue weighted by molar-refractivity contribution is -0.139. The van der Waals surface area contributed by atoms with Crippen LogP contribution in [0.3, 0.4) is 0 Å². The van der Waals surface area contributed by atoms with Crippen molar-refractivity contribution in [3.8, 4) is 0 Å². The van der Waals surface area contributed by atoms with E-state index in [4.69, 9.17) is 5.11 Å². The van der Waals surface area contributed by atoms with E-state index in [9.17, 15) is 4.79 Å². The molecule has 1 heterocycles. The van der Waals surface area contributed by atoms with Crippen LogP contribution in [0.2, 0.25) is 0 Å². The van der Waals surface area contributed by atoms with E-state index in [1.807, 2.05) is 31.2 Å². The fourth-order valence-electron chi connectivity index (χ4n) is 1.83. The number of carboxylic acids is 1. The van der Waals surface area contributed by atoms with Crippen LogP contribution in [-0.2, 0) is 4.79 Å². The van der Waals surface area contributed by atoms with Gasteiger partial charge in [-0.05, 0) is 18.6 Å². The van der Waals surface area contributed by atoms with Crippen LogP contribution in [0.15, 0.2) is 30.5 Å². The molecule has 2 rings (SSSR count). The quantitative estimate of drug-likeness (QED) is 0.876. The molecule has 0 bridgehead atoms. The Morgan fingerprint density at radius 3 is 2.71 bits per heavy atom. The largest absolute Gasteiger partial charge is 0.481 e. The predicted molar refractivity (Wildman–Crippen MR) is 64.8 cm³/mol. The van der Waals surface area contributed by atoms with Crippen LogP contribution in [0.1, 0.15) is 31.4 Å². The molecule has 4 heteroatoms. The Morgan fingerprint density at radius 2 is 2.06 bits per heavy atom. The van der Waals surface area contributed by atoms with E-state index >= 15 is 0 Å². The van der Waals surface area contributed by atoms with Crippen LogP contribution < -0.4 is 0 Å². The number of rotatable bonds is 4. The highest BCUT2D eigenvalue weighted by atomic mass is 16.4. The van der Waals surface area contributed by atoms with Gasteiger partial charge in [-0.25, -0.2) is 4.98 Å². The minimum atomic E-state index is -0.837. The third-order valence-electron chi connectivity index (χ3n) is 2.70. The number of hydrogen-bond donors (Lipinski definition) is 1. The molecule has 0 aliphatic rings. The molecule has 0 saturated carbocycles. The van der Waals surface area contributed by atoms with Crippen LogP contribution in [0.4, 0.5) is 0 Å². The van der Waals surface area contributed by atoms with Crippen molar-refractivity contribution >= 4 is 17.0 Å². The van der Waals surface area contributed by atoms with E-state index in [0.717, 1.165) is 17.5 Å². The van der Waals surface area contributed by atoms with Crippen molar-refractivity contribution in [1.29, 1.82) is 0 Å². The summed E-state index contributed by atoms with van der Waals surface area (Å²) in [6.45, 7) is 1.96. The number of para-hydroxylation sites is 2. The SMILES string of the molecule is CCCC(C(=O)O)c1cnc2ccccc2n1. The van der Waals surface area contributed by atoms with Gasteiger partial charge in [-0.3, -0.25) is 9.78 Å². The molecular weight excluding hydrogens is 216 g/mol. The highest BCUT2D eigenvalue weighted by molar-refractivity contribution is 5.78. The van der Waals surface area contributed by atoms with Gasteiger partial charge in [-0.1, -0.05) is 25.5 Å². The summed E-state index contributed by atoms with van der Waals surface area (Å²) >= 11 is 0. The van der Waals surface area contributed by atoms with Gasteiger partial charge >= 0.3 is 5.97 Å². The lowest BCUT2D eigenvalue weighted by atomic mass is 10.0. The zero-order chi connectivity index (χ0) is 12.3. The minimum absolute atomic E-state index is 0.540. The average Bonchev–Trinajstić information content (AvgIpc) is 2.35. The van der Waals surface area contributed by atoms with E-state index in [0.29, 0.717) is 12.1 Å². The number of nitrogens with zero attached hydrogens (tertiary/aromatic N) is 2. The Kier molecular flexibility index (Phi) is 3.32. The summed E-state index contributed by atoms with van der Waals surface area (Å²) in [6, 6.07) is 7.46. The van der Waals surface area contributed by atoms with Crippen molar-refractivity contribution in [2.75, 3.05) is 0 Å². The summed E-state index contributed by atoms with van der Waals surface area (Å²) in [5.41, 5.74) is 2.07. The maximum absolute atomic E-state index is 11.2. The lowest BCUT2D eigenvalue weighted by Gasteiger charge is -2.10. The van der Waals surface area contributed by atoms with Crippen molar-refractivity contribution in [3.05, 3.63) is 36.2 Å². The molecule has 1 atom stereocenters. The fourth-order valence-corrected chi connectivity index (χ4v) is 1.83. The molecule has 0 fully saturated rings. The summed E-state index contributed by atoms with van der Waals surface area (Å²) in [7, 11) is 0.